The number of allylic oxidation sites excluding steroid dienone is 1. The maximum Gasteiger partial charge on any atom is 0.303 e. The molecule has 5 rings (SSSR count). The second-order valence-corrected chi connectivity index (χ2v) is 9.79. The second kappa shape index (κ2) is 11.2. The van der Waals surface area contributed by atoms with Gasteiger partial charge in [-0.05, 0) is 59.9 Å². The minimum atomic E-state index is -1.10. The molecule has 2 atom stereocenters. The Labute approximate surface area is 231 Å². The van der Waals surface area contributed by atoms with Crippen molar-refractivity contribution in [1.29, 1.82) is 0 Å². The lowest BCUT2D eigenvalue weighted by molar-refractivity contribution is -0.138. The molecule has 3 aromatic rings. The maximum absolute atomic E-state index is 14.0. The summed E-state index contributed by atoms with van der Waals surface area (Å²) in [4.78, 5) is 40.5. The first-order chi connectivity index (χ1) is 19.3. The first kappa shape index (κ1) is 26.9. The molecule has 0 unspecified atom stereocenters. The van der Waals surface area contributed by atoms with Gasteiger partial charge < -0.3 is 19.9 Å². The number of carboxylic acid groups (broad SMARTS) is 1. The number of aliphatic carboxylic acids is 1. The van der Waals surface area contributed by atoms with Crippen molar-refractivity contribution in [2.45, 2.75) is 37.6 Å². The van der Waals surface area contributed by atoms with Gasteiger partial charge >= 0.3 is 5.97 Å². The number of Topliss-reactive ketones (excluding diaryl/α,β-unsaturated/α-hetero) is 1. The molecule has 1 amide bonds. The van der Waals surface area contributed by atoms with E-state index in [1.807, 2.05) is 30.3 Å². The van der Waals surface area contributed by atoms with E-state index in [2.05, 4.69) is 5.32 Å². The Morgan fingerprint density at radius 3 is 2.35 bits per heavy atom. The lowest BCUT2D eigenvalue weighted by Crippen LogP contribution is -2.38. The van der Waals surface area contributed by atoms with Crippen molar-refractivity contribution in [3.05, 3.63) is 94.9 Å². The number of para-hydroxylation sites is 2. The molecule has 2 N–H and O–H groups in total. The van der Waals surface area contributed by atoms with Crippen LogP contribution in [-0.2, 0) is 14.4 Å². The predicted octanol–water partition coefficient (Wildman–Crippen LogP) is 5.61. The molecule has 0 fully saturated rings. The number of ether oxygens (including phenoxy) is 2. The lowest BCUT2D eigenvalue weighted by atomic mass is 9.78. The maximum atomic E-state index is 14.0. The lowest BCUT2D eigenvalue weighted by Gasteiger charge is -2.35. The quantitative estimate of drug-likeness (QED) is 0.398. The number of carbonyl (C=O) groups is 3. The Morgan fingerprint density at radius 1 is 0.950 bits per heavy atom. The summed E-state index contributed by atoms with van der Waals surface area (Å²) in [5, 5.41) is 12.7. The van der Waals surface area contributed by atoms with Crippen LogP contribution in [0.15, 0.2) is 78.0 Å². The first-order valence-corrected chi connectivity index (χ1v) is 12.9. The van der Waals surface area contributed by atoms with E-state index in [0.717, 1.165) is 5.56 Å². The number of nitrogens with zero attached hydrogens (tertiary/aromatic N) is 1. The minimum Gasteiger partial charge on any atom is -0.493 e. The number of halogens is 1. The number of anilines is 2. The Hall–Kier alpha value is -4.66. The Bertz CT molecular complexity index is 1500. The highest BCUT2D eigenvalue weighted by atomic mass is 19.1. The van der Waals surface area contributed by atoms with Crippen molar-refractivity contribution in [3.8, 4) is 11.5 Å². The Morgan fingerprint density at radius 2 is 1.65 bits per heavy atom. The third kappa shape index (κ3) is 5.14. The fraction of sp³-hybridized carbons (Fsp3) is 0.258. The predicted molar refractivity (Wildman–Crippen MR) is 147 cm³/mol. The number of hydrogen-bond donors (Lipinski definition) is 2. The van der Waals surface area contributed by atoms with E-state index < -0.39 is 23.7 Å². The molecule has 1 aliphatic carbocycles. The minimum absolute atomic E-state index is 0.160. The number of carbonyl (C=O) groups excluding carboxylic acids is 2. The van der Waals surface area contributed by atoms with Gasteiger partial charge in [-0.25, -0.2) is 4.39 Å². The van der Waals surface area contributed by atoms with Gasteiger partial charge in [-0.3, -0.25) is 19.3 Å². The highest BCUT2D eigenvalue weighted by Crippen LogP contribution is 2.48. The Balaban J connectivity index is 1.65. The number of amides is 1. The topological polar surface area (TPSA) is 105 Å². The van der Waals surface area contributed by atoms with Gasteiger partial charge in [-0.2, -0.15) is 0 Å². The van der Waals surface area contributed by atoms with Crippen LogP contribution >= 0.6 is 0 Å². The summed E-state index contributed by atoms with van der Waals surface area (Å²) in [5.41, 5.74) is 3.65. The summed E-state index contributed by atoms with van der Waals surface area (Å²) in [6.45, 7) is 0. The van der Waals surface area contributed by atoms with Crippen molar-refractivity contribution in [1.82, 2.24) is 0 Å². The van der Waals surface area contributed by atoms with E-state index in [1.165, 1.54) is 17.0 Å². The van der Waals surface area contributed by atoms with Crippen LogP contribution in [0.25, 0.3) is 0 Å². The van der Waals surface area contributed by atoms with Gasteiger partial charge in [0.05, 0.1) is 38.1 Å². The largest absolute Gasteiger partial charge is 0.493 e. The highest BCUT2D eigenvalue weighted by molar-refractivity contribution is 6.06. The average Bonchev–Trinajstić information content (AvgIpc) is 3.10. The van der Waals surface area contributed by atoms with E-state index in [4.69, 9.17) is 9.47 Å². The van der Waals surface area contributed by atoms with Crippen LogP contribution in [0.4, 0.5) is 15.8 Å². The van der Waals surface area contributed by atoms with E-state index in [-0.39, 0.29) is 31.0 Å². The smallest absolute Gasteiger partial charge is 0.303 e. The number of ketones is 1. The normalized spacial score (nSPS) is 18.3. The number of benzene rings is 3. The molecule has 0 saturated carbocycles. The van der Waals surface area contributed by atoms with Gasteiger partial charge in [0.25, 0.3) is 0 Å². The molecule has 0 bridgehead atoms. The van der Waals surface area contributed by atoms with Gasteiger partial charge in [0.2, 0.25) is 5.91 Å². The summed E-state index contributed by atoms with van der Waals surface area (Å²) in [6.07, 6.45) is 0.0374. The molecule has 0 radical (unpaired) electrons. The number of methoxy groups -OCH3 is 2. The zero-order valence-electron chi connectivity index (χ0n) is 22.1. The van der Waals surface area contributed by atoms with Gasteiger partial charge in [-0.15, -0.1) is 0 Å². The third-order valence-corrected chi connectivity index (χ3v) is 7.37. The molecule has 3 aromatic carbocycles. The van der Waals surface area contributed by atoms with E-state index in [9.17, 15) is 23.9 Å². The molecule has 40 heavy (non-hydrogen) atoms. The number of fused-ring (bicyclic) bond motifs is 1. The van der Waals surface area contributed by atoms with Crippen LogP contribution in [0, 0.1) is 5.82 Å². The number of rotatable bonds is 7. The summed E-state index contributed by atoms with van der Waals surface area (Å²) in [7, 11) is 3.12. The van der Waals surface area contributed by atoms with Crippen LogP contribution < -0.4 is 19.7 Å². The van der Waals surface area contributed by atoms with Crippen molar-refractivity contribution in [3.63, 3.8) is 0 Å². The number of hydrogen-bond acceptors (Lipinski definition) is 6. The van der Waals surface area contributed by atoms with Gasteiger partial charge in [0, 0.05) is 24.1 Å². The van der Waals surface area contributed by atoms with E-state index in [1.54, 1.807) is 38.5 Å². The zero-order chi connectivity index (χ0) is 28.4. The van der Waals surface area contributed by atoms with Crippen molar-refractivity contribution in [2.75, 3.05) is 24.4 Å². The fourth-order valence-corrected chi connectivity index (χ4v) is 5.50. The van der Waals surface area contributed by atoms with Crippen LogP contribution in [0.3, 0.4) is 0 Å². The molecule has 9 heteroatoms. The highest BCUT2D eigenvalue weighted by Gasteiger charge is 2.41. The molecular formula is C31H29FN2O6. The molecule has 1 aliphatic heterocycles. The molecule has 2 aliphatic rings. The Kier molecular flexibility index (Phi) is 7.55. The molecule has 206 valence electrons. The fourth-order valence-electron chi connectivity index (χ4n) is 5.50. The van der Waals surface area contributed by atoms with Crippen molar-refractivity contribution in [2.24, 2.45) is 0 Å². The summed E-state index contributed by atoms with van der Waals surface area (Å²) >= 11 is 0. The monoisotopic (exact) mass is 544 g/mol. The second-order valence-electron chi connectivity index (χ2n) is 9.79. The SMILES string of the molecule is COc1ccc([C@@H]2CC(=O)C3=C(C2)Nc2ccccc2N(C(=O)CCC(=O)O)[C@H]3c2ccc(F)cc2)cc1OC. The molecular weight excluding hydrogens is 515 g/mol. The summed E-state index contributed by atoms with van der Waals surface area (Å²) in [5.74, 6) is -1.18. The van der Waals surface area contributed by atoms with Crippen LogP contribution in [-0.4, -0.2) is 37.0 Å². The standard InChI is InChI=1S/C31H29FN2O6/c1-39-26-12-9-19(17-27(26)40-2)20-15-23-30(25(35)16-20)31(18-7-10-21(32)11-8-18)34(28(36)13-14-29(37)38)24-6-4-3-5-22(24)33-23/h3-12,17,20,31,33H,13-16H2,1-2H3,(H,37,38)/t20-,31-/m0/s1. The van der Waals surface area contributed by atoms with E-state index in [0.29, 0.717) is 46.1 Å². The van der Waals surface area contributed by atoms with Gasteiger partial charge in [-0.1, -0.05) is 30.3 Å². The summed E-state index contributed by atoms with van der Waals surface area (Å²) in [6, 6.07) is 17.6. The zero-order valence-corrected chi connectivity index (χ0v) is 22.1. The van der Waals surface area contributed by atoms with Crippen LogP contribution in [0.1, 0.15) is 48.8 Å². The molecule has 0 aromatic heterocycles. The molecule has 0 saturated heterocycles. The van der Waals surface area contributed by atoms with Crippen molar-refractivity contribution < 1.29 is 33.4 Å². The van der Waals surface area contributed by atoms with Gasteiger partial charge in [0.15, 0.2) is 17.3 Å². The van der Waals surface area contributed by atoms with Crippen molar-refractivity contribution >= 4 is 29.0 Å². The van der Waals surface area contributed by atoms with Crippen LogP contribution in [0.5, 0.6) is 11.5 Å². The van der Waals surface area contributed by atoms with Crippen LogP contribution in [0.2, 0.25) is 0 Å². The summed E-state index contributed by atoms with van der Waals surface area (Å²) < 4.78 is 24.8. The first-order valence-electron chi connectivity index (χ1n) is 12.9. The molecule has 0 spiro atoms. The number of nitrogens with one attached hydrogen (secondary N) is 1. The third-order valence-electron chi connectivity index (χ3n) is 7.37. The number of carboxylic acids is 1. The average molecular weight is 545 g/mol. The van der Waals surface area contributed by atoms with E-state index >= 15 is 0 Å². The molecule has 1 heterocycles. The van der Waals surface area contributed by atoms with Gasteiger partial charge in [0.1, 0.15) is 5.82 Å². The molecule has 8 nitrogen and oxygen atoms in total.